The van der Waals surface area contributed by atoms with Gasteiger partial charge in [0.05, 0.1) is 17.2 Å². The molecular formula is C12H15Cl2NO2. The second-order valence-corrected chi connectivity index (χ2v) is 5.37. The summed E-state index contributed by atoms with van der Waals surface area (Å²) in [5, 5.41) is 20.5. The van der Waals surface area contributed by atoms with Gasteiger partial charge in [0.2, 0.25) is 0 Å². The topological polar surface area (TPSA) is 66.5 Å². The second kappa shape index (κ2) is 5.02. The van der Waals surface area contributed by atoms with Gasteiger partial charge >= 0.3 is 0 Å². The van der Waals surface area contributed by atoms with Crippen molar-refractivity contribution in [3.8, 4) is 5.75 Å². The minimum absolute atomic E-state index is 0.0617. The van der Waals surface area contributed by atoms with Crippen molar-refractivity contribution in [3.05, 3.63) is 27.7 Å². The summed E-state index contributed by atoms with van der Waals surface area (Å²) in [6, 6.07) is 2.23. The van der Waals surface area contributed by atoms with Gasteiger partial charge in [-0.3, -0.25) is 0 Å². The Morgan fingerprint density at radius 3 is 2.41 bits per heavy atom. The van der Waals surface area contributed by atoms with Gasteiger partial charge in [-0.15, -0.1) is 0 Å². The second-order valence-electron chi connectivity index (χ2n) is 4.53. The van der Waals surface area contributed by atoms with E-state index in [0.29, 0.717) is 15.6 Å². The highest BCUT2D eigenvalue weighted by atomic mass is 35.5. The van der Waals surface area contributed by atoms with E-state index in [-0.39, 0.29) is 11.7 Å². The van der Waals surface area contributed by atoms with E-state index in [4.69, 9.17) is 28.9 Å². The first-order valence-electron chi connectivity index (χ1n) is 5.62. The fraction of sp³-hybridized carbons (Fsp3) is 0.500. The van der Waals surface area contributed by atoms with Gasteiger partial charge < -0.3 is 15.9 Å². The molecular weight excluding hydrogens is 261 g/mol. The molecule has 1 aromatic rings. The Morgan fingerprint density at radius 1 is 1.29 bits per heavy atom. The maximum absolute atomic E-state index is 10.1. The SMILES string of the molecule is N[C@@H](c1c(O)cc(Cl)cc1Cl)[C@H](O)C1CCC1. The Morgan fingerprint density at radius 2 is 1.94 bits per heavy atom. The molecule has 0 spiro atoms. The first-order valence-corrected chi connectivity index (χ1v) is 6.38. The van der Waals surface area contributed by atoms with Crippen molar-refractivity contribution in [3.63, 3.8) is 0 Å². The van der Waals surface area contributed by atoms with Crippen LogP contribution in [0.5, 0.6) is 5.75 Å². The molecule has 17 heavy (non-hydrogen) atoms. The summed E-state index contributed by atoms with van der Waals surface area (Å²) in [6.45, 7) is 0. The van der Waals surface area contributed by atoms with E-state index in [2.05, 4.69) is 0 Å². The fourth-order valence-corrected chi connectivity index (χ4v) is 2.76. The predicted molar refractivity (Wildman–Crippen MR) is 68.4 cm³/mol. The maximum Gasteiger partial charge on any atom is 0.123 e. The van der Waals surface area contributed by atoms with Gasteiger partial charge in [0, 0.05) is 10.6 Å². The van der Waals surface area contributed by atoms with Crippen molar-refractivity contribution < 1.29 is 10.2 Å². The summed E-state index contributed by atoms with van der Waals surface area (Å²) in [7, 11) is 0. The van der Waals surface area contributed by atoms with E-state index in [9.17, 15) is 10.2 Å². The Labute approximate surface area is 110 Å². The number of halogens is 2. The van der Waals surface area contributed by atoms with Crippen LogP contribution in [0.3, 0.4) is 0 Å². The van der Waals surface area contributed by atoms with Gasteiger partial charge in [0.25, 0.3) is 0 Å². The molecule has 0 saturated heterocycles. The van der Waals surface area contributed by atoms with Crippen LogP contribution >= 0.6 is 23.2 Å². The molecule has 3 nitrogen and oxygen atoms in total. The number of benzene rings is 1. The van der Waals surface area contributed by atoms with E-state index < -0.39 is 12.1 Å². The summed E-state index contributed by atoms with van der Waals surface area (Å²) < 4.78 is 0. The van der Waals surface area contributed by atoms with E-state index in [1.807, 2.05) is 0 Å². The molecule has 0 aliphatic heterocycles. The molecule has 0 heterocycles. The summed E-state index contributed by atoms with van der Waals surface area (Å²) in [4.78, 5) is 0. The van der Waals surface area contributed by atoms with Gasteiger partial charge in [-0.25, -0.2) is 0 Å². The van der Waals surface area contributed by atoms with Crippen LogP contribution in [0.4, 0.5) is 0 Å². The quantitative estimate of drug-likeness (QED) is 0.795. The van der Waals surface area contributed by atoms with Crippen molar-refractivity contribution in [1.29, 1.82) is 0 Å². The van der Waals surface area contributed by atoms with Crippen LogP contribution in [0.15, 0.2) is 12.1 Å². The van der Waals surface area contributed by atoms with Crippen molar-refractivity contribution in [2.45, 2.75) is 31.4 Å². The van der Waals surface area contributed by atoms with Crippen LogP contribution in [-0.2, 0) is 0 Å². The zero-order valence-corrected chi connectivity index (χ0v) is 10.7. The van der Waals surface area contributed by atoms with Crippen LogP contribution in [0.25, 0.3) is 0 Å². The first-order chi connectivity index (χ1) is 8.00. The zero-order chi connectivity index (χ0) is 12.6. The van der Waals surface area contributed by atoms with Crippen LogP contribution in [0.2, 0.25) is 10.0 Å². The van der Waals surface area contributed by atoms with Crippen molar-refractivity contribution in [2.75, 3.05) is 0 Å². The van der Waals surface area contributed by atoms with Gasteiger partial charge in [0.1, 0.15) is 5.75 Å². The van der Waals surface area contributed by atoms with Crippen LogP contribution in [0, 0.1) is 5.92 Å². The third-order valence-corrected chi connectivity index (χ3v) is 3.94. The third kappa shape index (κ3) is 2.52. The number of aromatic hydroxyl groups is 1. The van der Waals surface area contributed by atoms with Gasteiger partial charge in [-0.1, -0.05) is 29.6 Å². The minimum atomic E-state index is -0.676. The average Bonchev–Trinajstić information content (AvgIpc) is 2.12. The van der Waals surface area contributed by atoms with E-state index in [1.54, 1.807) is 0 Å². The minimum Gasteiger partial charge on any atom is -0.507 e. The molecule has 0 bridgehead atoms. The monoisotopic (exact) mass is 275 g/mol. The normalized spacial score (nSPS) is 19.8. The molecule has 0 radical (unpaired) electrons. The van der Waals surface area contributed by atoms with Gasteiger partial charge in [-0.05, 0) is 30.9 Å². The molecule has 0 unspecified atom stereocenters. The largest absolute Gasteiger partial charge is 0.507 e. The number of phenols is 1. The number of aliphatic hydroxyl groups is 1. The van der Waals surface area contributed by atoms with Crippen molar-refractivity contribution in [1.82, 2.24) is 0 Å². The molecule has 2 atom stereocenters. The molecule has 1 saturated carbocycles. The third-order valence-electron chi connectivity index (χ3n) is 3.41. The van der Waals surface area contributed by atoms with E-state index >= 15 is 0 Å². The summed E-state index contributed by atoms with van der Waals surface area (Å²) in [5.41, 5.74) is 6.33. The smallest absolute Gasteiger partial charge is 0.123 e. The Kier molecular flexibility index (Phi) is 3.83. The highest BCUT2D eigenvalue weighted by molar-refractivity contribution is 6.35. The number of aliphatic hydroxyl groups excluding tert-OH is 1. The average molecular weight is 276 g/mol. The summed E-state index contributed by atoms with van der Waals surface area (Å²) in [6.07, 6.45) is 2.39. The molecule has 0 aromatic heterocycles. The number of phenolic OH excluding ortho intramolecular Hbond substituents is 1. The molecule has 4 N–H and O–H groups in total. The fourth-order valence-electron chi connectivity index (χ4n) is 2.15. The zero-order valence-electron chi connectivity index (χ0n) is 9.24. The molecule has 0 amide bonds. The molecule has 1 aliphatic carbocycles. The molecule has 5 heteroatoms. The van der Waals surface area contributed by atoms with Crippen LogP contribution < -0.4 is 5.73 Å². The number of rotatable bonds is 3. The lowest BCUT2D eigenvalue weighted by atomic mass is 9.77. The lowest BCUT2D eigenvalue weighted by Gasteiger charge is -2.34. The predicted octanol–water partition coefficient (Wildman–Crippen LogP) is 2.86. The molecule has 1 aromatic carbocycles. The Bertz CT molecular complexity index is 398. The summed E-state index contributed by atoms with van der Waals surface area (Å²) >= 11 is 11.8. The Balaban J connectivity index is 2.26. The number of hydrogen-bond acceptors (Lipinski definition) is 3. The number of nitrogens with two attached hydrogens (primary N) is 1. The highest BCUT2D eigenvalue weighted by Crippen LogP contribution is 2.40. The van der Waals surface area contributed by atoms with Crippen LogP contribution in [0.1, 0.15) is 30.9 Å². The van der Waals surface area contributed by atoms with E-state index in [0.717, 1.165) is 19.3 Å². The van der Waals surface area contributed by atoms with Gasteiger partial charge in [0.15, 0.2) is 0 Å². The Hall–Kier alpha value is -0.480. The lowest BCUT2D eigenvalue weighted by molar-refractivity contribution is 0.0408. The van der Waals surface area contributed by atoms with Gasteiger partial charge in [-0.2, -0.15) is 0 Å². The standard InChI is InChI=1S/C12H15Cl2NO2/c13-7-4-8(14)10(9(16)5-7)11(15)12(17)6-2-1-3-6/h4-6,11-12,16-17H,1-3,15H2/t11-,12+/m0/s1. The molecule has 1 fully saturated rings. The lowest BCUT2D eigenvalue weighted by Crippen LogP contribution is -2.36. The summed E-state index contributed by atoms with van der Waals surface area (Å²) in [5.74, 6) is 0.143. The number of hydrogen-bond donors (Lipinski definition) is 3. The van der Waals surface area contributed by atoms with Crippen LogP contribution in [-0.4, -0.2) is 16.3 Å². The maximum atomic E-state index is 10.1. The first kappa shape index (κ1) is 13.0. The van der Waals surface area contributed by atoms with Crippen molar-refractivity contribution >= 4 is 23.2 Å². The molecule has 94 valence electrons. The molecule has 1 aliphatic rings. The molecule has 2 rings (SSSR count). The highest BCUT2D eigenvalue weighted by Gasteiger charge is 2.32. The van der Waals surface area contributed by atoms with E-state index in [1.165, 1.54) is 12.1 Å². The van der Waals surface area contributed by atoms with Crippen molar-refractivity contribution in [2.24, 2.45) is 11.7 Å².